The minimum Gasteiger partial charge on any atom is -0.404 e. The molecular weight excluding hydrogens is 196 g/mol. The molecule has 3 heteroatoms. The van der Waals surface area contributed by atoms with E-state index in [4.69, 9.17) is 17.3 Å². The van der Waals surface area contributed by atoms with Crippen molar-refractivity contribution in [1.82, 2.24) is 0 Å². The molecule has 0 atom stereocenters. The minimum atomic E-state index is 0.742. The number of halogens is 1. The van der Waals surface area contributed by atoms with Gasteiger partial charge in [-0.3, -0.25) is 4.99 Å². The number of benzene rings is 1. The third kappa shape index (κ3) is 2.15. The van der Waals surface area contributed by atoms with E-state index in [1.165, 1.54) is 6.20 Å². The summed E-state index contributed by atoms with van der Waals surface area (Å²) in [5.41, 5.74) is 8.43. The van der Waals surface area contributed by atoms with Crippen LogP contribution in [0.3, 0.4) is 0 Å². The quantitative estimate of drug-likeness (QED) is 0.746. The molecule has 0 bridgehead atoms. The Hall–Kier alpha value is -1.28. The van der Waals surface area contributed by atoms with Crippen LogP contribution in [0.1, 0.15) is 11.1 Å². The fourth-order valence-corrected chi connectivity index (χ4v) is 1.44. The lowest BCUT2D eigenvalue weighted by atomic mass is 10.0. The predicted octanol–water partition coefficient (Wildman–Crippen LogP) is 2.65. The van der Waals surface area contributed by atoms with E-state index in [2.05, 4.69) is 4.99 Å². The average molecular weight is 209 g/mol. The number of aliphatic imine (C=N–C) groups is 1. The number of hydrogen-bond acceptors (Lipinski definition) is 2. The molecule has 1 aromatic carbocycles. The van der Waals surface area contributed by atoms with Gasteiger partial charge in [0.2, 0.25) is 0 Å². The lowest BCUT2D eigenvalue weighted by molar-refractivity contribution is 1.41. The number of allylic oxidation sites excluding steroid dienone is 1. The summed E-state index contributed by atoms with van der Waals surface area (Å²) < 4.78 is 0. The third-order valence-corrected chi connectivity index (χ3v) is 2.44. The lowest BCUT2D eigenvalue weighted by Crippen LogP contribution is -1.94. The van der Waals surface area contributed by atoms with Crippen molar-refractivity contribution in [3.8, 4) is 0 Å². The van der Waals surface area contributed by atoms with Crippen molar-refractivity contribution < 1.29 is 0 Å². The number of hydrogen-bond donors (Lipinski definition) is 1. The summed E-state index contributed by atoms with van der Waals surface area (Å²) in [6, 6.07) is 5.73. The van der Waals surface area contributed by atoms with Gasteiger partial charge in [-0.2, -0.15) is 0 Å². The molecule has 2 N–H and O–H groups in total. The first-order valence-corrected chi connectivity index (χ1v) is 4.68. The molecule has 0 unspecified atom stereocenters. The molecule has 74 valence electrons. The highest BCUT2D eigenvalue weighted by molar-refractivity contribution is 6.31. The average Bonchev–Trinajstić information content (AvgIpc) is 2.19. The van der Waals surface area contributed by atoms with Gasteiger partial charge < -0.3 is 5.73 Å². The summed E-state index contributed by atoms with van der Waals surface area (Å²) in [7, 11) is 1.71. The first kappa shape index (κ1) is 10.8. The molecule has 0 fully saturated rings. The van der Waals surface area contributed by atoms with Gasteiger partial charge in [0.25, 0.3) is 0 Å². The second kappa shape index (κ2) is 4.82. The van der Waals surface area contributed by atoms with Crippen molar-refractivity contribution in [3.05, 3.63) is 40.5 Å². The molecule has 0 heterocycles. The van der Waals surface area contributed by atoms with E-state index >= 15 is 0 Å². The van der Waals surface area contributed by atoms with E-state index in [1.807, 2.05) is 25.1 Å². The predicted molar refractivity (Wildman–Crippen MR) is 62.8 cm³/mol. The molecule has 0 saturated carbocycles. The van der Waals surface area contributed by atoms with Gasteiger partial charge in [0.05, 0.1) is 0 Å². The normalized spacial score (nSPS) is 12.4. The van der Waals surface area contributed by atoms with E-state index in [9.17, 15) is 0 Å². The van der Waals surface area contributed by atoms with Gasteiger partial charge in [-0.15, -0.1) is 0 Å². The third-order valence-electron chi connectivity index (χ3n) is 2.03. The van der Waals surface area contributed by atoms with Crippen LogP contribution in [-0.2, 0) is 0 Å². The van der Waals surface area contributed by atoms with E-state index in [0.717, 1.165) is 21.7 Å². The van der Waals surface area contributed by atoms with Gasteiger partial charge in [-0.05, 0) is 24.1 Å². The van der Waals surface area contributed by atoms with E-state index in [1.54, 1.807) is 13.3 Å². The van der Waals surface area contributed by atoms with Crippen molar-refractivity contribution in [2.75, 3.05) is 7.05 Å². The summed E-state index contributed by atoms with van der Waals surface area (Å²) >= 11 is 6.00. The second-order valence-electron chi connectivity index (χ2n) is 2.92. The molecule has 0 saturated heterocycles. The summed E-state index contributed by atoms with van der Waals surface area (Å²) in [6.45, 7) is 1.96. The SMILES string of the molecule is CN=CC(=CN)c1cccc(Cl)c1C. The van der Waals surface area contributed by atoms with Crippen molar-refractivity contribution in [2.24, 2.45) is 10.7 Å². The maximum absolute atomic E-state index is 6.00. The van der Waals surface area contributed by atoms with Gasteiger partial charge in [0.15, 0.2) is 0 Å². The molecule has 0 spiro atoms. The van der Waals surface area contributed by atoms with Crippen molar-refractivity contribution in [1.29, 1.82) is 0 Å². The summed E-state index contributed by atoms with van der Waals surface area (Å²) in [5, 5.41) is 0.742. The molecule has 14 heavy (non-hydrogen) atoms. The zero-order chi connectivity index (χ0) is 10.6. The van der Waals surface area contributed by atoms with Gasteiger partial charge in [0, 0.05) is 30.1 Å². The Balaban J connectivity index is 3.24. The highest BCUT2D eigenvalue weighted by atomic mass is 35.5. The van der Waals surface area contributed by atoms with Crippen LogP contribution in [0, 0.1) is 6.92 Å². The Morgan fingerprint density at radius 1 is 1.50 bits per heavy atom. The Bertz CT molecular complexity index is 381. The Kier molecular flexibility index (Phi) is 3.72. The summed E-state index contributed by atoms with van der Waals surface area (Å²) in [6.07, 6.45) is 3.25. The van der Waals surface area contributed by atoms with Crippen LogP contribution in [0.15, 0.2) is 29.4 Å². The van der Waals surface area contributed by atoms with E-state index in [-0.39, 0.29) is 0 Å². The first-order chi connectivity index (χ1) is 6.70. The lowest BCUT2D eigenvalue weighted by Gasteiger charge is -2.06. The first-order valence-electron chi connectivity index (χ1n) is 4.30. The van der Waals surface area contributed by atoms with Crippen LogP contribution >= 0.6 is 11.6 Å². The zero-order valence-corrected chi connectivity index (χ0v) is 9.05. The van der Waals surface area contributed by atoms with Crippen LogP contribution in [-0.4, -0.2) is 13.3 Å². The standard InChI is InChI=1S/C11H13ClN2/c1-8-10(4-3-5-11(8)12)9(6-13)7-14-2/h3-7H,13H2,1-2H3. The van der Waals surface area contributed by atoms with Gasteiger partial charge in [-0.1, -0.05) is 23.7 Å². The molecular formula is C11H13ClN2. The van der Waals surface area contributed by atoms with E-state index < -0.39 is 0 Å². The molecule has 0 aliphatic heterocycles. The molecule has 2 nitrogen and oxygen atoms in total. The zero-order valence-electron chi connectivity index (χ0n) is 8.29. The molecule has 0 amide bonds. The maximum atomic E-state index is 6.00. The van der Waals surface area contributed by atoms with Gasteiger partial charge in [-0.25, -0.2) is 0 Å². The van der Waals surface area contributed by atoms with Crippen molar-refractivity contribution >= 4 is 23.4 Å². The Morgan fingerprint density at radius 3 is 2.79 bits per heavy atom. The maximum Gasteiger partial charge on any atom is 0.0441 e. The Morgan fingerprint density at radius 2 is 2.21 bits per heavy atom. The van der Waals surface area contributed by atoms with Gasteiger partial charge in [0.1, 0.15) is 0 Å². The van der Waals surface area contributed by atoms with E-state index in [0.29, 0.717) is 0 Å². The van der Waals surface area contributed by atoms with Crippen LogP contribution in [0.25, 0.3) is 5.57 Å². The molecule has 0 aliphatic carbocycles. The molecule has 1 rings (SSSR count). The molecule has 0 aliphatic rings. The highest BCUT2D eigenvalue weighted by Gasteiger charge is 2.04. The van der Waals surface area contributed by atoms with Crippen LogP contribution in [0.2, 0.25) is 5.02 Å². The smallest absolute Gasteiger partial charge is 0.0441 e. The largest absolute Gasteiger partial charge is 0.404 e. The summed E-state index contributed by atoms with van der Waals surface area (Å²) in [5.74, 6) is 0. The number of nitrogens with zero attached hydrogens (tertiary/aromatic N) is 1. The monoisotopic (exact) mass is 208 g/mol. The highest BCUT2D eigenvalue weighted by Crippen LogP contribution is 2.23. The second-order valence-corrected chi connectivity index (χ2v) is 3.33. The Labute approximate surface area is 89.1 Å². The molecule has 0 aromatic heterocycles. The fourth-order valence-electron chi connectivity index (χ4n) is 1.26. The molecule has 1 aromatic rings. The topological polar surface area (TPSA) is 38.4 Å². The fraction of sp³-hybridized carbons (Fsp3) is 0.182. The summed E-state index contributed by atoms with van der Waals surface area (Å²) in [4.78, 5) is 3.94. The van der Waals surface area contributed by atoms with Gasteiger partial charge >= 0.3 is 0 Å². The number of nitrogens with two attached hydrogens (primary N) is 1. The van der Waals surface area contributed by atoms with Crippen molar-refractivity contribution in [3.63, 3.8) is 0 Å². The van der Waals surface area contributed by atoms with Crippen LogP contribution in [0.5, 0.6) is 0 Å². The minimum absolute atomic E-state index is 0.742. The van der Waals surface area contributed by atoms with Crippen LogP contribution in [0.4, 0.5) is 0 Å². The van der Waals surface area contributed by atoms with Crippen LogP contribution < -0.4 is 5.73 Å². The molecule has 0 radical (unpaired) electrons. The number of rotatable bonds is 2. The van der Waals surface area contributed by atoms with Crippen molar-refractivity contribution in [2.45, 2.75) is 6.92 Å².